The summed E-state index contributed by atoms with van der Waals surface area (Å²) in [5.41, 5.74) is 5.74. The van der Waals surface area contributed by atoms with Crippen LogP contribution in [0, 0.1) is 5.92 Å². The first-order valence-corrected chi connectivity index (χ1v) is 6.61. The fraction of sp³-hybridized carbons (Fsp3) is 0.417. The molecule has 1 amide bonds. The van der Waals surface area contributed by atoms with Crippen molar-refractivity contribution >= 4 is 23.4 Å². The zero-order valence-electron chi connectivity index (χ0n) is 10.3. The number of halogens is 3. The zero-order valence-corrected chi connectivity index (χ0v) is 11.1. The number of carbonyl (C=O) groups excluding carboxylic acids is 1. The lowest BCUT2D eigenvalue weighted by atomic mass is 10.1. The Morgan fingerprint density at radius 2 is 2.05 bits per heavy atom. The van der Waals surface area contributed by atoms with E-state index in [-0.39, 0.29) is 18.4 Å². The third kappa shape index (κ3) is 5.52. The third-order valence-electron chi connectivity index (χ3n) is 2.34. The number of anilines is 1. The van der Waals surface area contributed by atoms with Gasteiger partial charge in [0, 0.05) is 17.4 Å². The van der Waals surface area contributed by atoms with E-state index >= 15 is 0 Å². The molecule has 0 aliphatic heterocycles. The third-order valence-corrected chi connectivity index (χ3v) is 3.48. The van der Waals surface area contributed by atoms with E-state index < -0.39 is 11.9 Å². The van der Waals surface area contributed by atoms with Gasteiger partial charge >= 0.3 is 6.18 Å². The molecule has 0 aliphatic rings. The van der Waals surface area contributed by atoms with Crippen molar-refractivity contribution in [3.05, 3.63) is 24.3 Å². The lowest BCUT2D eigenvalue weighted by Crippen LogP contribution is -2.26. The van der Waals surface area contributed by atoms with Gasteiger partial charge in [0.05, 0.1) is 11.4 Å². The average molecular weight is 292 g/mol. The Bertz CT molecular complexity index is 437. The van der Waals surface area contributed by atoms with E-state index in [9.17, 15) is 18.0 Å². The molecule has 1 aromatic carbocycles. The van der Waals surface area contributed by atoms with Crippen LogP contribution in [0.1, 0.15) is 6.92 Å². The number of amides is 1. The van der Waals surface area contributed by atoms with Gasteiger partial charge in [-0.05, 0) is 12.1 Å². The van der Waals surface area contributed by atoms with E-state index in [2.05, 4.69) is 5.32 Å². The second-order valence-electron chi connectivity index (χ2n) is 4.03. The minimum absolute atomic E-state index is 0.184. The van der Waals surface area contributed by atoms with Crippen LogP contribution < -0.4 is 11.1 Å². The van der Waals surface area contributed by atoms with Crippen molar-refractivity contribution in [3.8, 4) is 0 Å². The minimum atomic E-state index is -4.24. The maximum absolute atomic E-state index is 12.2. The van der Waals surface area contributed by atoms with Crippen LogP contribution in [-0.4, -0.2) is 24.4 Å². The molecule has 3 nitrogen and oxygen atoms in total. The van der Waals surface area contributed by atoms with Gasteiger partial charge in [0.15, 0.2) is 0 Å². The Morgan fingerprint density at radius 1 is 1.42 bits per heavy atom. The fourth-order valence-corrected chi connectivity index (χ4v) is 1.99. The molecule has 0 bridgehead atoms. The van der Waals surface area contributed by atoms with Crippen LogP contribution in [0.25, 0.3) is 0 Å². The summed E-state index contributed by atoms with van der Waals surface area (Å²) in [5, 5.41) is 2.59. The summed E-state index contributed by atoms with van der Waals surface area (Å²) in [6.07, 6.45) is -4.24. The van der Waals surface area contributed by atoms with Gasteiger partial charge in [-0.2, -0.15) is 13.2 Å². The number of thioether (sulfide) groups is 1. The lowest BCUT2D eigenvalue weighted by molar-refractivity contribution is -0.119. The van der Waals surface area contributed by atoms with Crippen molar-refractivity contribution in [2.24, 2.45) is 11.7 Å². The van der Waals surface area contributed by atoms with Gasteiger partial charge < -0.3 is 11.1 Å². The Balaban J connectivity index is 2.76. The van der Waals surface area contributed by atoms with Gasteiger partial charge in [0.1, 0.15) is 0 Å². The minimum Gasteiger partial charge on any atom is -0.330 e. The summed E-state index contributed by atoms with van der Waals surface area (Å²) in [4.78, 5) is 12.1. The van der Waals surface area contributed by atoms with Gasteiger partial charge in [0.2, 0.25) is 5.91 Å². The molecule has 1 aromatic rings. The van der Waals surface area contributed by atoms with Crippen LogP contribution in [0.3, 0.4) is 0 Å². The molecule has 19 heavy (non-hydrogen) atoms. The molecule has 1 rings (SSSR count). The number of para-hydroxylation sites is 1. The molecule has 0 radical (unpaired) electrons. The molecule has 3 N–H and O–H groups in total. The second-order valence-corrected chi connectivity index (χ2v) is 5.04. The Kier molecular flexibility index (Phi) is 5.68. The number of rotatable bonds is 5. The summed E-state index contributed by atoms with van der Waals surface area (Å²) >= 11 is 0.644. The number of carbonyl (C=O) groups is 1. The molecular weight excluding hydrogens is 277 g/mol. The van der Waals surface area contributed by atoms with Crippen molar-refractivity contribution in [1.82, 2.24) is 0 Å². The largest absolute Gasteiger partial charge is 0.398 e. The van der Waals surface area contributed by atoms with Crippen molar-refractivity contribution in [2.45, 2.75) is 18.0 Å². The molecule has 0 aromatic heterocycles. The first-order valence-electron chi connectivity index (χ1n) is 5.63. The maximum Gasteiger partial charge on any atom is 0.398 e. The molecule has 106 valence electrons. The smallest absolute Gasteiger partial charge is 0.330 e. The summed E-state index contributed by atoms with van der Waals surface area (Å²) in [6.45, 7) is 1.84. The van der Waals surface area contributed by atoms with Crippen LogP contribution in [-0.2, 0) is 4.79 Å². The first kappa shape index (κ1) is 15.8. The highest BCUT2D eigenvalue weighted by molar-refractivity contribution is 7.99. The molecule has 0 fully saturated rings. The molecule has 0 saturated heterocycles. The van der Waals surface area contributed by atoms with Gasteiger partial charge in [-0.25, -0.2) is 0 Å². The van der Waals surface area contributed by atoms with Gasteiger partial charge in [-0.1, -0.05) is 19.1 Å². The van der Waals surface area contributed by atoms with Crippen LogP contribution in [0.4, 0.5) is 18.9 Å². The number of benzene rings is 1. The van der Waals surface area contributed by atoms with Crippen molar-refractivity contribution < 1.29 is 18.0 Å². The predicted octanol–water partition coefficient (Wildman–Crippen LogP) is 2.87. The second kappa shape index (κ2) is 6.81. The van der Waals surface area contributed by atoms with E-state index in [4.69, 9.17) is 5.73 Å². The lowest BCUT2D eigenvalue weighted by Gasteiger charge is -2.14. The molecule has 0 spiro atoms. The Morgan fingerprint density at radius 3 is 2.63 bits per heavy atom. The summed E-state index contributed by atoms with van der Waals surface area (Å²) < 4.78 is 36.6. The van der Waals surface area contributed by atoms with Crippen molar-refractivity contribution in [1.29, 1.82) is 0 Å². The Hall–Kier alpha value is -1.21. The summed E-state index contributed by atoms with van der Waals surface area (Å²) in [6, 6.07) is 6.39. The van der Waals surface area contributed by atoms with Crippen LogP contribution in [0.2, 0.25) is 0 Å². The average Bonchev–Trinajstić information content (AvgIpc) is 2.35. The molecule has 0 heterocycles. The van der Waals surface area contributed by atoms with E-state index in [1.165, 1.54) is 0 Å². The van der Waals surface area contributed by atoms with Gasteiger partial charge in [-0.3, -0.25) is 4.79 Å². The highest BCUT2D eigenvalue weighted by Gasteiger charge is 2.27. The van der Waals surface area contributed by atoms with E-state index in [1.54, 1.807) is 31.2 Å². The number of hydrogen-bond acceptors (Lipinski definition) is 3. The van der Waals surface area contributed by atoms with Gasteiger partial charge in [-0.15, -0.1) is 11.8 Å². The highest BCUT2D eigenvalue weighted by Crippen LogP contribution is 2.32. The summed E-state index contributed by atoms with van der Waals surface area (Å²) in [5.74, 6) is -1.69. The molecule has 0 saturated carbocycles. The van der Waals surface area contributed by atoms with Crippen LogP contribution >= 0.6 is 11.8 Å². The zero-order chi connectivity index (χ0) is 14.5. The van der Waals surface area contributed by atoms with Crippen molar-refractivity contribution in [3.63, 3.8) is 0 Å². The maximum atomic E-state index is 12.2. The fourth-order valence-electron chi connectivity index (χ4n) is 1.22. The van der Waals surface area contributed by atoms with Crippen LogP contribution in [0.5, 0.6) is 0 Å². The SMILES string of the molecule is CC(CN)C(=O)Nc1ccccc1SCC(F)(F)F. The monoisotopic (exact) mass is 292 g/mol. The van der Waals surface area contributed by atoms with Crippen LogP contribution in [0.15, 0.2) is 29.2 Å². The first-order chi connectivity index (χ1) is 8.83. The molecular formula is C12H15F3N2OS. The summed E-state index contributed by atoms with van der Waals surface area (Å²) in [7, 11) is 0. The molecule has 1 atom stereocenters. The van der Waals surface area contributed by atoms with E-state index in [1.807, 2.05) is 0 Å². The van der Waals surface area contributed by atoms with Crippen molar-refractivity contribution in [2.75, 3.05) is 17.6 Å². The quantitative estimate of drug-likeness (QED) is 0.820. The Labute approximate surface area is 113 Å². The van der Waals surface area contributed by atoms with Gasteiger partial charge in [0.25, 0.3) is 0 Å². The molecule has 7 heteroatoms. The number of hydrogen-bond donors (Lipinski definition) is 2. The predicted molar refractivity (Wildman–Crippen MR) is 70.1 cm³/mol. The van der Waals surface area contributed by atoms with E-state index in [0.29, 0.717) is 22.3 Å². The normalized spacial score (nSPS) is 13.1. The topological polar surface area (TPSA) is 55.1 Å². The number of alkyl halides is 3. The standard InChI is InChI=1S/C12H15F3N2OS/c1-8(6-16)11(18)17-9-4-2-3-5-10(9)19-7-12(13,14)15/h2-5,8H,6-7,16H2,1H3,(H,17,18). The molecule has 1 unspecified atom stereocenters. The molecule has 0 aliphatic carbocycles. The number of nitrogens with one attached hydrogen (secondary N) is 1. The highest BCUT2D eigenvalue weighted by atomic mass is 32.2. The number of nitrogens with two attached hydrogens (primary N) is 1. The van der Waals surface area contributed by atoms with E-state index in [0.717, 1.165) is 0 Å².